The second-order valence-corrected chi connectivity index (χ2v) is 5.59. The van der Waals surface area contributed by atoms with Crippen molar-refractivity contribution in [3.8, 4) is 16.9 Å². The summed E-state index contributed by atoms with van der Waals surface area (Å²) in [5, 5.41) is 9.72. The molecular weight excluding hydrogens is 316 g/mol. The van der Waals surface area contributed by atoms with Crippen LogP contribution in [0.3, 0.4) is 0 Å². The van der Waals surface area contributed by atoms with E-state index in [1.807, 2.05) is 24.3 Å². The maximum atomic E-state index is 11.3. The summed E-state index contributed by atoms with van der Waals surface area (Å²) in [6, 6.07) is 10.7. The van der Waals surface area contributed by atoms with Crippen molar-refractivity contribution in [3.63, 3.8) is 0 Å². The number of phenols is 1. The fourth-order valence-electron chi connectivity index (χ4n) is 1.84. The maximum Gasteiger partial charge on any atom is 0.396 e. The van der Waals surface area contributed by atoms with E-state index in [0.29, 0.717) is 15.8 Å². The molecule has 1 aromatic heterocycles. The molecule has 3 aromatic rings. The number of fused-ring (bicyclic) bond motifs is 1. The first-order chi connectivity index (χ1) is 8.65. The first-order valence-electron chi connectivity index (χ1n) is 5.17. The minimum atomic E-state index is -0.371. The van der Waals surface area contributed by atoms with Crippen molar-refractivity contribution in [1.29, 1.82) is 0 Å². The van der Waals surface area contributed by atoms with E-state index in [9.17, 15) is 9.90 Å². The van der Waals surface area contributed by atoms with Crippen molar-refractivity contribution in [2.45, 2.75) is 0 Å². The summed E-state index contributed by atoms with van der Waals surface area (Å²) in [5.41, 5.74) is 2.09. The van der Waals surface area contributed by atoms with Crippen LogP contribution in [0.5, 0.6) is 5.75 Å². The zero-order chi connectivity index (χ0) is 12.7. The van der Waals surface area contributed by atoms with Gasteiger partial charge in [0.2, 0.25) is 0 Å². The summed E-state index contributed by atoms with van der Waals surface area (Å²) in [6.07, 6.45) is 0. The topological polar surface area (TPSA) is 50.4 Å². The zero-order valence-electron chi connectivity index (χ0n) is 9.01. The highest BCUT2D eigenvalue weighted by Crippen LogP contribution is 2.37. The summed E-state index contributed by atoms with van der Waals surface area (Å²) in [7, 11) is 0. The van der Waals surface area contributed by atoms with Gasteiger partial charge in [0.1, 0.15) is 5.75 Å². The molecule has 0 radical (unpaired) electrons. The third-order valence-electron chi connectivity index (χ3n) is 2.58. The predicted molar refractivity (Wildman–Crippen MR) is 75.2 cm³/mol. The minimum Gasteiger partial charge on any atom is -0.508 e. The van der Waals surface area contributed by atoms with E-state index in [2.05, 4.69) is 15.9 Å². The number of halogens is 1. The molecule has 0 atom stereocenters. The molecule has 0 saturated heterocycles. The summed E-state index contributed by atoms with van der Waals surface area (Å²) in [4.78, 5) is 11.0. The van der Waals surface area contributed by atoms with Gasteiger partial charge in [-0.15, -0.1) is 0 Å². The second-order valence-electron chi connectivity index (χ2n) is 3.75. The SMILES string of the molecule is O=c1oc2c(-c3ccccc3Br)cc(O)cc2s1. The monoisotopic (exact) mass is 322 g/mol. The lowest BCUT2D eigenvalue weighted by molar-refractivity contribution is 0.476. The summed E-state index contributed by atoms with van der Waals surface area (Å²) in [6.45, 7) is 0. The van der Waals surface area contributed by atoms with Crippen LogP contribution in [-0.2, 0) is 0 Å². The maximum absolute atomic E-state index is 11.3. The van der Waals surface area contributed by atoms with Gasteiger partial charge in [-0.25, -0.2) is 4.79 Å². The lowest BCUT2D eigenvalue weighted by atomic mass is 10.0. The molecule has 18 heavy (non-hydrogen) atoms. The highest BCUT2D eigenvalue weighted by atomic mass is 79.9. The molecule has 2 aromatic carbocycles. The van der Waals surface area contributed by atoms with Crippen LogP contribution in [0.25, 0.3) is 21.4 Å². The van der Waals surface area contributed by atoms with E-state index >= 15 is 0 Å². The third kappa shape index (κ3) is 1.85. The molecule has 0 saturated carbocycles. The molecule has 0 amide bonds. The Hall–Kier alpha value is -1.59. The first kappa shape index (κ1) is 11.5. The lowest BCUT2D eigenvalue weighted by Crippen LogP contribution is -1.83. The molecule has 0 aliphatic heterocycles. The number of hydrogen-bond acceptors (Lipinski definition) is 4. The largest absolute Gasteiger partial charge is 0.508 e. The molecule has 0 aliphatic rings. The molecule has 0 spiro atoms. The minimum absolute atomic E-state index is 0.116. The first-order valence-corrected chi connectivity index (χ1v) is 6.77. The van der Waals surface area contributed by atoms with Crippen LogP contribution in [0.15, 0.2) is 50.1 Å². The van der Waals surface area contributed by atoms with E-state index in [1.165, 1.54) is 6.07 Å². The fourth-order valence-corrected chi connectivity index (χ4v) is 3.07. The Morgan fingerprint density at radius 3 is 2.72 bits per heavy atom. The summed E-state index contributed by atoms with van der Waals surface area (Å²) < 4.78 is 6.72. The molecule has 3 rings (SSSR count). The zero-order valence-corrected chi connectivity index (χ0v) is 11.4. The standard InChI is InChI=1S/C13H7BrO3S/c14-10-4-2-1-3-8(10)9-5-7(15)6-11-12(9)17-13(16)18-11/h1-6,15H. The Labute approximate surface area is 114 Å². The predicted octanol–water partition coefficient (Wildman–Crippen LogP) is 3.99. The normalized spacial score (nSPS) is 10.9. The van der Waals surface area contributed by atoms with Gasteiger partial charge in [-0.1, -0.05) is 45.5 Å². The van der Waals surface area contributed by atoms with E-state index in [4.69, 9.17) is 4.42 Å². The molecule has 0 unspecified atom stereocenters. The molecule has 3 nitrogen and oxygen atoms in total. The Balaban J connectivity index is 2.41. The van der Waals surface area contributed by atoms with Crippen molar-refractivity contribution in [2.24, 2.45) is 0 Å². The van der Waals surface area contributed by atoms with Crippen LogP contribution in [-0.4, -0.2) is 5.11 Å². The second kappa shape index (κ2) is 4.26. The molecule has 0 fully saturated rings. The van der Waals surface area contributed by atoms with Gasteiger partial charge in [0, 0.05) is 16.1 Å². The van der Waals surface area contributed by atoms with Crippen LogP contribution in [0.4, 0.5) is 0 Å². The lowest BCUT2D eigenvalue weighted by Gasteiger charge is -2.05. The fraction of sp³-hybridized carbons (Fsp3) is 0. The van der Waals surface area contributed by atoms with Gasteiger partial charge >= 0.3 is 4.94 Å². The Morgan fingerprint density at radius 2 is 1.94 bits per heavy atom. The van der Waals surface area contributed by atoms with Crippen molar-refractivity contribution in [3.05, 3.63) is 50.6 Å². The van der Waals surface area contributed by atoms with E-state index in [1.54, 1.807) is 6.07 Å². The van der Waals surface area contributed by atoms with Gasteiger partial charge in [-0.05, 0) is 17.7 Å². The van der Waals surface area contributed by atoms with E-state index in [-0.39, 0.29) is 10.7 Å². The van der Waals surface area contributed by atoms with Gasteiger partial charge < -0.3 is 9.52 Å². The molecule has 5 heteroatoms. The highest BCUT2D eigenvalue weighted by Gasteiger charge is 2.13. The number of aromatic hydroxyl groups is 1. The summed E-state index contributed by atoms with van der Waals surface area (Å²) in [5.74, 6) is 0.116. The quantitative estimate of drug-likeness (QED) is 0.737. The number of benzene rings is 2. The molecule has 0 bridgehead atoms. The van der Waals surface area contributed by atoms with Gasteiger partial charge in [0.15, 0.2) is 5.58 Å². The molecular formula is C13H7BrO3S. The molecule has 1 N–H and O–H groups in total. The number of hydrogen-bond donors (Lipinski definition) is 1. The number of rotatable bonds is 1. The molecule has 0 aliphatic carbocycles. The average Bonchev–Trinajstić information content (AvgIpc) is 2.69. The van der Waals surface area contributed by atoms with Crippen LogP contribution in [0.2, 0.25) is 0 Å². The molecule has 1 heterocycles. The van der Waals surface area contributed by atoms with Crippen LogP contribution in [0, 0.1) is 0 Å². The summed E-state index contributed by atoms with van der Waals surface area (Å²) >= 11 is 4.44. The van der Waals surface area contributed by atoms with Gasteiger partial charge in [-0.3, -0.25) is 0 Å². The van der Waals surface area contributed by atoms with Crippen molar-refractivity contribution >= 4 is 37.5 Å². The Morgan fingerprint density at radius 1 is 1.17 bits per heavy atom. The van der Waals surface area contributed by atoms with E-state index in [0.717, 1.165) is 21.4 Å². The third-order valence-corrected chi connectivity index (χ3v) is 4.05. The Kier molecular flexibility index (Phi) is 2.72. The molecule has 90 valence electrons. The van der Waals surface area contributed by atoms with Crippen LogP contribution >= 0.6 is 27.3 Å². The highest BCUT2D eigenvalue weighted by molar-refractivity contribution is 9.10. The van der Waals surface area contributed by atoms with Crippen molar-refractivity contribution in [2.75, 3.05) is 0 Å². The number of phenolic OH excluding ortho intramolecular Hbond substituents is 1. The van der Waals surface area contributed by atoms with Crippen LogP contribution in [0.1, 0.15) is 0 Å². The van der Waals surface area contributed by atoms with Crippen LogP contribution < -0.4 is 4.94 Å². The van der Waals surface area contributed by atoms with Gasteiger partial charge in [0.25, 0.3) is 0 Å². The van der Waals surface area contributed by atoms with E-state index < -0.39 is 0 Å². The average molecular weight is 323 g/mol. The van der Waals surface area contributed by atoms with Gasteiger partial charge in [-0.2, -0.15) is 0 Å². The Bertz CT molecular complexity index is 788. The smallest absolute Gasteiger partial charge is 0.396 e. The van der Waals surface area contributed by atoms with Crippen molar-refractivity contribution < 1.29 is 9.52 Å². The van der Waals surface area contributed by atoms with Gasteiger partial charge in [0.05, 0.1) is 4.70 Å². The van der Waals surface area contributed by atoms with Crippen molar-refractivity contribution in [1.82, 2.24) is 0 Å².